The fourth-order valence-corrected chi connectivity index (χ4v) is 1.70. The Kier molecular flexibility index (Phi) is 10.7. The van der Waals surface area contributed by atoms with Crippen LogP contribution in [0.4, 0.5) is 4.79 Å². The van der Waals surface area contributed by atoms with Crippen LogP contribution in [0.5, 0.6) is 0 Å². The maximum absolute atomic E-state index is 12.1. The molecular formula is C13H26N2O5. The molecule has 0 fully saturated rings. The van der Waals surface area contributed by atoms with E-state index in [2.05, 4.69) is 5.32 Å². The summed E-state index contributed by atoms with van der Waals surface area (Å²) >= 11 is 0. The molecular weight excluding hydrogens is 264 g/mol. The molecule has 0 radical (unpaired) electrons. The molecule has 118 valence electrons. The first-order valence-electron chi connectivity index (χ1n) is 6.82. The molecule has 7 nitrogen and oxygen atoms in total. The molecule has 0 rings (SSSR count). The highest BCUT2D eigenvalue weighted by Gasteiger charge is 2.22. The maximum Gasteiger partial charge on any atom is 0.326 e. The highest BCUT2D eigenvalue weighted by molar-refractivity contribution is 5.82. The van der Waals surface area contributed by atoms with Gasteiger partial charge in [-0.1, -0.05) is 13.3 Å². The molecule has 0 bridgehead atoms. The first-order chi connectivity index (χ1) is 9.56. The number of nitrogens with zero attached hydrogens (tertiary/aromatic N) is 1. The Morgan fingerprint density at radius 3 is 2.35 bits per heavy atom. The number of carboxylic acids is 1. The molecule has 7 heteroatoms. The Bertz CT molecular complexity index is 286. The Labute approximate surface area is 120 Å². The van der Waals surface area contributed by atoms with Crippen molar-refractivity contribution < 1.29 is 24.2 Å². The summed E-state index contributed by atoms with van der Waals surface area (Å²) in [5, 5.41) is 11.6. The first-order valence-corrected chi connectivity index (χ1v) is 6.82. The molecule has 0 heterocycles. The first kappa shape index (κ1) is 18.7. The van der Waals surface area contributed by atoms with Gasteiger partial charge in [0.2, 0.25) is 0 Å². The van der Waals surface area contributed by atoms with Crippen LogP contribution < -0.4 is 5.32 Å². The van der Waals surface area contributed by atoms with Gasteiger partial charge in [-0.3, -0.25) is 0 Å². The Morgan fingerprint density at radius 2 is 1.85 bits per heavy atom. The third-order valence-electron chi connectivity index (χ3n) is 2.80. The van der Waals surface area contributed by atoms with Crippen molar-refractivity contribution in [1.82, 2.24) is 10.2 Å². The lowest BCUT2D eigenvalue weighted by Gasteiger charge is -2.24. The Morgan fingerprint density at radius 1 is 1.20 bits per heavy atom. The van der Waals surface area contributed by atoms with Gasteiger partial charge in [0.05, 0.1) is 6.61 Å². The third-order valence-corrected chi connectivity index (χ3v) is 2.80. The lowest BCUT2D eigenvalue weighted by molar-refractivity contribution is -0.139. The summed E-state index contributed by atoms with van der Waals surface area (Å²) < 4.78 is 9.91. The molecule has 0 aliphatic rings. The minimum absolute atomic E-state index is 0.376. The van der Waals surface area contributed by atoms with Gasteiger partial charge < -0.3 is 24.8 Å². The Balaban J connectivity index is 4.45. The van der Waals surface area contributed by atoms with Crippen LogP contribution in [0, 0.1) is 0 Å². The van der Waals surface area contributed by atoms with Crippen LogP contribution >= 0.6 is 0 Å². The number of nitrogens with one attached hydrogen (secondary N) is 1. The van der Waals surface area contributed by atoms with Gasteiger partial charge in [-0.25, -0.2) is 9.59 Å². The van der Waals surface area contributed by atoms with Crippen molar-refractivity contribution in [3.8, 4) is 0 Å². The molecule has 0 saturated carbocycles. The third kappa shape index (κ3) is 7.96. The highest BCUT2D eigenvalue weighted by Crippen LogP contribution is 2.00. The van der Waals surface area contributed by atoms with E-state index in [0.717, 1.165) is 0 Å². The molecule has 20 heavy (non-hydrogen) atoms. The van der Waals surface area contributed by atoms with Crippen molar-refractivity contribution in [3.63, 3.8) is 0 Å². The maximum atomic E-state index is 12.1. The van der Waals surface area contributed by atoms with Gasteiger partial charge in [0, 0.05) is 33.9 Å². The average molecular weight is 290 g/mol. The second kappa shape index (κ2) is 11.5. The van der Waals surface area contributed by atoms with E-state index in [4.69, 9.17) is 14.6 Å². The number of rotatable bonds is 11. The highest BCUT2D eigenvalue weighted by atomic mass is 16.5. The number of carboxylic acid groups (broad SMARTS) is 1. The van der Waals surface area contributed by atoms with Crippen LogP contribution in [-0.2, 0) is 14.3 Å². The van der Waals surface area contributed by atoms with Crippen molar-refractivity contribution in [3.05, 3.63) is 0 Å². The van der Waals surface area contributed by atoms with Crippen molar-refractivity contribution in [2.24, 2.45) is 0 Å². The largest absolute Gasteiger partial charge is 0.480 e. The predicted molar refractivity (Wildman–Crippen MR) is 74.8 cm³/mol. The number of amides is 2. The van der Waals surface area contributed by atoms with E-state index in [1.54, 1.807) is 19.1 Å². The SMILES string of the molecule is CCC[C@H](NC(=O)N(CCCOC)CCOC)C(=O)O. The van der Waals surface area contributed by atoms with Crippen molar-refractivity contribution in [1.29, 1.82) is 0 Å². The average Bonchev–Trinajstić information content (AvgIpc) is 2.41. The summed E-state index contributed by atoms with van der Waals surface area (Å²) in [6, 6.07) is -1.22. The molecule has 0 aromatic rings. The minimum Gasteiger partial charge on any atom is -0.480 e. The van der Waals surface area contributed by atoms with E-state index in [1.165, 1.54) is 0 Å². The second-order valence-corrected chi connectivity index (χ2v) is 4.46. The van der Waals surface area contributed by atoms with Gasteiger partial charge in [-0.15, -0.1) is 0 Å². The number of carbonyl (C=O) groups is 2. The summed E-state index contributed by atoms with van der Waals surface area (Å²) in [4.78, 5) is 24.7. The standard InChI is InChI=1S/C13H26N2O5/c1-4-6-11(12(16)17)14-13(18)15(8-10-20-3)7-5-9-19-2/h11H,4-10H2,1-3H3,(H,14,18)(H,16,17)/t11-/m0/s1. The summed E-state index contributed by atoms with van der Waals surface area (Å²) in [5.74, 6) is -1.01. The molecule has 2 amide bonds. The van der Waals surface area contributed by atoms with E-state index >= 15 is 0 Å². The zero-order chi connectivity index (χ0) is 15.4. The van der Waals surface area contributed by atoms with Crippen LogP contribution in [0.15, 0.2) is 0 Å². The number of carbonyl (C=O) groups excluding carboxylic acids is 1. The zero-order valence-corrected chi connectivity index (χ0v) is 12.6. The smallest absolute Gasteiger partial charge is 0.326 e. The van der Waals surface area contributed by atoms with Gasteiger partial charge in [-0.05, 0) is 12.8 Å². The minimum atomic E-state index is -1.01. The molecule has 0 saturated heterocycles. The van der Waals surface area contributed by atoms with Crippen molar-refractivity contribution in [2.75, 3.05) is 40.5 Å². The van der Waals surface area contributed by atoms with Gasteiger partial charge >= 0.3 is 12.0 Å². The summed E-state index contributed by atoms with van der Waals surface area (Å²) in [6.45, 7) is 3.76. The molecule has 2 N–H and O–H groups in total. The van der Waals surface area contributed by atoms with E-state index < -0.39 is 12.0 Å². The van der Waals surface area contributed by atoms with Gasteiger partial charge in [0.25, 0.3) is 0 Å². The van der Waals surface area contributed by atoms with Crippen LogP contribution in [-0.4, -0.2) is 68.6 Å². The van der Waals surface area contributed by atoms with E-state index in [0.29, 0.717) is 45.6 Å². The van der Waals surface area contributed by atoms with Crippen LogP contribution in [0.3, 0.4) is 0 Å². The molecule has 0 aliphatic carbocycles. The number of hydrogen-bond donors (Lipinski definition) is 2. The number of methoxy groups -OCH3 is 2. The van der Waals surface area contributed by atoms with Crippen LogP contribution in [0.1, 0.15) is 26.2 Å². The number of hydrogen-bond acceptors (Lipinski definition) is 4. The Hall–Kier alpha value is -1.34. The molecule has 0 aromatic carbocycles. The quantitative estimate of drug-likeness (QED) is 0.553. The molecule has 0 aliphatic heterocycles. The van der Waals surface area contributed by atoms with E-state index in [9.17, 15) is 9.59 Å². The number of aliphatic carboxylic acids is 1. The number of ether oxygens (including phenoxy) is 2. The molecule has 0 unspecified atom stereocenters. The lowest BCUT2D eigenvalue weighted by atomic mass is 10.2. The predicted octanol–water partition coefficient (Wildman–Crippen LogP) is 0.934. The molecule has 0 spiro atoms. The second-order valence-electron chi connectivity index (χ2n) is 4.46. The zero-order valence-electron chi connectivity index (χ0n) is 12.6. The normalized spacial score (nSPS) is 11.9. The van der Waals surface area contributed by atoms with Crippen LogP contribution in [0.2, 0.25) is 0 Å². The monoisotopic (exact) mass is 290 g/mol. The fourth-order valence-electron chi connectivity index (χ4n) is 1.70. The van der Waals surface area contributed by atoms with Crippen LogP contribution in [0.25, 0.3) is 0 Å². The number of urea groups is 1. The lowest BCUT2D eigenvalue weighted by Crippen LogP contribution is -2.49. The summed E-state index contributed by atoms with van der Waals surface area (Å²) in [6.07, 6.45) is 1.80. The van der Waals surface area contributed by atoms with Crippen molar-refractivity contribution >= 4 is 12.0 Å². The van der Waals surface area contributed by atoms with Gasteiger partial charge in [-0.2, -0.15) is 0 Å². The summed E-state index contributed by atoms with van der Waals surface area (Å²) in [5.41, 5.74) is 0. The van der Waals surface area contributed by atoms with Crippen molar-refractivity contribution in [2.45, 2.75) is 32.2 Å². The van der Waals surface area contributed by atoms with E-state index in [1.807, 2.05) is 6.92 Å². The fraction of sp³-hybridized carbons (Fsp3) is 0.846. The van der Waals surface area contributed by atoms with Gasteiger partial charge in [0.1, 0.15) is 6.04 Å². The summed E-state index contributed by atoms with van der Waals surface area (Å²) in [7, 11) is 3.16. The van der Waals surface area contributed by atoms with E-state index in [-0.39, 0.29) is 6.03 Å². The van der Waals surface area contributed by atoms with Gasteiger partial charge in [0.15, 0.2) is 0 Å². The molecule has 1 atom stereocenters. The molecule has 0 aromatic heterocycles. The topological polar surface area (TPSA) is 88.1 Å².